The zero-order valence-corrected chi connectivity index (χ0v) is 15.5. The highest BCUT2D eigenvalue weighted by atomic mass is 16.5. The summed E-state index contributed by atoms with van der Waals surface area (Å²) in [6.07, 6.45) is 1.62. The van der Waals surface area contributed by atoms with Crippen LogP contribution in [0.2, 0.25) is 0 Å². The molecule has 1 N–H and O–H groups in total. The van der Waals surface area contributed by atoms with Gasteiger partial charge in [-0.3, -0.25) is 4.79 Å². The number of methoxy groups -OCH3 is 2. The molecular weight excluding hydrogens is 342 g/mol. The van der Waals surface area contributed by atoms with Crippen LogP contribution in [0.15, 0.2) is 66.9 Å². The average molecular weight is 363 g/mol. The molecule has 1 heterocycles. The molecule has 6 heteroatoms. The van der Waals surface area contributed by atoms with Gasteiger partial charge in [-0.25, -0.2) is 4.98 Å². The first-order valence-corrected chi connectivity index (χ1v) is 8.40. The van der Waals surface area contributed by atoms with Crippen molar-refractivity contribution in [2.45, 2.75) is 0 Å². The van der Waals surface area contributed by atoms with E-state index in [1.807, 2.05) is 42.3 Å². The first kappa shape index (κ1) is 18.3. The molecule has 2 aromatic carbocycles. The van der Waals surface area contributed by atoms with Crippen molar-refractivity contribution in [3.63, 3.8) is 0 Å². The Hall–Kier alpha value is -3.54. The number of rotatable bonds is 6. The molecule has 0 radical (unpaired) electrons. The van der Waals surface area contributed by atoms with E-state index >= 15 is 0 Å². The number of carbonyl (C=O) groups excluding carboxylic acids is 1. The van der Waals surface area contributed by atoms with Crippen LogP contribution in [-0.4, -0.2) is 32.2 Å². The van der Waals surface area contributed by atoms with Crippen LogP contribution in [0.5, 0.6) is 11.5 Å². The normalized spacial score (nSPS) is 10.2. The fourth-order valence-corrected chi connectivity index (χ4v) is 2.64. The van der Waals surface area contributed by atoms with Crippen molar-refractivity contribution in [1.82, 2.24) is 4.98 Å². The van der Waals surface area contributed by atoms with Crippen LogP contribution in [0.25, 0.3) is 0 Å². The molecule has 1 amide bonds. The van der Waals surface area contributed by atoms with Crippen molar-refractivity contribution in [3.05, 3.63) is 72.4 Å². The molecule has 0 aliphatic heterocycles. The lowest BCUT2D eigenvalue weighted by molar-refractivity contribution is 0.102. The smallest absolute Gasteiger partial charge is 0.255 e. The molecule has 0 atom stereocenters. The first-order chi connectivity index (χ1) is 13.1. The van der Waals surface area contributed by atoms with Gasteiger partial charge in [-0.05, 0) is 36.4 Å². The van der Waals surface area contributed by atoms with Crippen molar-refractivity contribution >= 4 is 23.1 Å². The number of carbonyl (C=O) groups is 1. The fraction of sp³-hybridized carbons (Fsp3) is 0.143. The molecule has 3 aromatic rings. The zero-order chi connectivity index (χ0) is 19.2. The Morgan fingerprint density at radius 2 is 1.70 bits per heavy atom. The van der Waals surface area contributed by atoms with E-state index in [1.165, 1.54) is 0 Å². The predicted octanol–water partition coefficient (Wildman–Crippen LogP) is 4.12. The summed E-state index contributed by atoms with van der Waals surface area (Å²) in [6.45, 7) is 0. The largest absolute Gasteiger partial charge is 0.493 e. The molecular formula is C21H21N3O3. The molecule has 0 fully saturated rings. The average Bonchev–Trinajstić information content (AvgIpc) is 2.73. The molecule has 3 rings (SSSR count). The number of aromatic nitrogens is 1. The quantitative estimate of drug-likeness (QED) is 0.714. The van der Waals surface area contributed by atoms with Gasteiger partial charge in [0.25, 0.3) is 5.91 Å². The second-order valence-corrected chi connectivity index (χ2v) is 5.82. The number of nitrogens with one attached hydrogen (secondary N) is 1. The van der Waals surface area contributed by atoms with Gasteiger partial charge in [-0.1, -0.05) is 18.2 Å². The van der Waals surface area contributed by atoms with E-state index in [1.54, 1.807) is 50.7 Å². The number of anilines is 3. The molecule has 1 aromatic heterocycles. The number of ether oxygens (including phenoxy) is 2. The molecule has 6 nitrogen and oxygen atoms in total. The minimum Gasteiger partial charge on any atom is -0.493 e. The summed E-state index contributed by atoms with van der Waals surface area (Å²) >= 11 is 0. The summed E-state index contributed by atoms with van der Waals surface area (Å²) in [4.78, 5) is 18.9. The Morgan fingerprint density at radius 1 is 0.963 bits per heavy atom. The predicted molar refractivity (Wildman–Crippen MR) is 106 cm³/mol. The SMILES string of the molecule is COc1ccc(NC(=O)c2ccnc(N(C)c3ccccc3)c2)cc1OC. The highest BCUT2D eigenvalue weighted by Gasteiger charge is 2.12. The van der Waals surface area contributed by atoms with Gasteiger partial charge in [0.2, 0.25) is 0 Å². The lowest BCUT2D eigenvalue weighted by Gasteiger charge is -2.18. The summed E-state index contributed by atoms with van der Waals surface area (Å²) in [6, 6.07) is 18.5. The summed E-state index contributed by atoms with van der Waals surface area (Å²) in [5, 5.41) is 2.87. The third kappa shape index (κ3) is 4.17. The maximum atomic E-state index is 12.7. The van der Waals surface area contributed by atoms with E-state index in [4.69, 9.17) is 9.47 Å². The van der Waals surface area contributed by atoms with Crippen LogP contribution >= 0.6 is 0 Å². The van der Waals surface area contributed by atoms with E-state index in [2.05, 4.69) is 10.3 Å². The van der Waals surface area contributed by atoms with Crippen molar-refractivity contribution in [1.29, 1.82) is 0 Å². The standard InChI is InChI=1S/C21H21N3O3/c1-24(17-7-5-4-6-8-17)20-13-15(11-12-22-20)21(25)23-16-9-10-18(26-2)19(14-16)27-3/h4-14H,1-3H3,(H,23,25). The third-order valence-corrected chi connectivity index (χ3v) is 4.14. The molecule has 0 spiro atoms. The molecule has 138 valence electrons. The minimum atomic E-state index is -0.229. The van der Waals surface area contributed by atoms with E-state index in [-0.39, 0.29) is 5.91 Å². The first-order valence-electron chi connectivity index (χ1n) is 8.40. The minimum absolute atomic E-state index is 0.229. The molecule has 0 saturated heterocycles. The van der Waals surface area contributed by atoms with Gasteiger partial charge in [0.15, 0.2) is 11.5 Å². The molecule has 0 unspecified atom stereocenters. The maximum Gasteiger partial charge on any atom is 0.255 e. The number of benzene rings is 2. The van der Waals surface area contributed by atoms with Gasteiger partial charge < -0.3 is 19.7 Å². The number of pyridine rings is 1. The second kappa shape index (κ2) is 8.23. The van der Waals surface area contributed by atoms with Crippen LogP contribution in [0.4, 0.5) is 17.2 Å². The Bertz CT molecular complexity index is 929. The van der Waals surface area contributed by atoms with E-state index in [0.717, 1.165) is 5.69 Å². The van der Waals surface area contributed by atoms with Gasteiger partial charge in [-0.15, -0.1) is 0 Å². The van der Waals surface area contributed by atoms with Crippen molar-refractivity contribution < 1.29 is 14.3 Å². The van der Waals surface area contributed by atoms with Crippen LogP contribution < -0.4 is 19.7 Å². The fourth-order valence-electron chi connectivity index (χ4n) is 2.64. The lowest BCUT2D eigenvalue weighted by Crippen LogP contribution is -2.15. The third-order valence-electron chi connectivity index (χ3n) is 4.14. The number of hydrogen-bond donors (Lipinski definition) is 1. The lowest BCUT2D eigenvalue weighted by atomic mass is 10.2. The zero-order valence-electron chi connectivity index (χ0n) is 15.5. The second-order valence-electron chi connectivity index (χ2n) is 5.82. The molecule has 0 aliphatic carbocycles. The van der Waals surface area contributed by atoms with Gasteiger partial charge >= 0.3 is 0 Å². The molecule has 0 aliphatic rings. The molecule has 0 saturated carbocycles. The van der Waals surface area contributed by atoms with Crippen LogP contribution in [0.3, 0.4) is 0 Å². The Kier molecular flexibility index (Phi) is 5.56. The monoisotopic (exact) mass is 363 g/mol. The topological polar surface area (TPSA) is 63.7 Å². The van der Waals surface area contributed by atoms with Crippen LogP contribution in [-0.2, 0) is 0 Å². The van der Waals surface area contributed by atoms with Gasteiger partial charge in [0.1, 0.15) is 5.82 Å². The Labute approximate surface area is 158 Å². The van der Waals surface area contributed by atoms with E-state index < -0.39 is 0 Å². The highest BCUT2D eigenvalue weighted by molar-refractivity contribution is 6.04. The van der Waals surface area contributed by atoms with Crippen LogP contribution in [0, 0.1) is 0 Å². The summed E-state index contributed by atoms with van der Waals surface area (Å²) < 4.78 is 10.5. The molecule has 0 bridgehead atoms. The number of amides is 1. The Balaban J connectivity index is 1.80. The van der Waals surface area contributed by atoms with Gasteiger partial charge in [0.05, 0.1) is 14.2 Å². The molecule has 27 heavy (non-hydrogen) atoms. The summed E-state index contributed by atoms with van der Waals surface area (Å²) in [7, 11) is 5.03. The van der Waals surface area contributed by atoms with E-state index in [0.29, 0.717) is 28.6 Å². The maximum absolute atomic E-state index is 12.7. The van der Waals surface area contributed by atoms with Gasteiger partial charge in [-0.2, -0.15) is 0 Å². The van der Waals surface area contributed by atoms with E-state index in [9.17, 15) is 4.79 Å². The summed E-state index contributed by atoms with van der Waals surface area (Å²) in [5.74, 6) is 1.61. The van der Waals surface area contributed by atoms with Crippen molar-refractivity contribution in [2.75, 3.05) is 31.5 Å². The summed E-state index contributed by atoms with van der Waals surface area (Å²) in [5.41, 5.74) is 2.12. The number of hydrogen-bond acceptors (Lipinski definition) is 5. The van der Waals surface area contributed by atoms with Gasteiger partial charge in [0, 0.05) is 36.2 Å². The number of nitrogens with zero attached hydrogens (tertiary/aromatic N) is 2. The Morgan fingerprint density at radius 3 is 2.41 bits per heavy atom. The van der Waals surface area contributed by atoms with Crippen molar-refractivity contribution in [2.24, 2.45) is 0 Å². The van der Waals surface area contributed by atoms with Crippen molar-refractivity contribution in [3.8, 4) is 11.5 Å². The highest BCUT2D eigenvalue weighted by Crippen LogP contribution is 2.30. The van der Waals surface area contributed by atoms with Crippen LogP contribution in [0.1, 0.15) is 10.4 Å². The number of para-hydroxylation sites is 1.